The van der Waals surface area contributed by atoms with Gasteiger partial charge in [-0.15, -0.1) is 10.2 Å². The molecule has 1 fully saturated rings. The Morgan fingerprint density at radius 2 is 1.94 bits per heavy atom. The van der Waals surface area contributed by atoms with Gasteiger partial charge in [-0.2, -0.15) is 0 Å². The monoisotopic (exact) mass is 498 g/mol. The number of aromatic nitrogens is 3. The number of nitrogens with zero attached hydrogens (tertiary/aromatic N) is 4. The van der Waals surface area contributed by atoms with Crippen LogP contribution in [0.15, 0.2) is 59.8 Å². The molecule has 0 unspecified atom stereocenters. The van der Waals surface area contributed by atoms with Gasteiger partial charge in [0, 0.05) is 23.3 Å². The molecule has 1 saturated heterocycles. The predicted molar refractivity (Wildman–Crippen MR) is 136 cm³/mol. The number of thioether (sulfide) groups is 1. The van der Waals surface area contributed by atoms with Gasteiger partial charge in [0.15, 0.2) is 20.8 Å². The highest BCUT2D eigenvalue weighted by Gasteiger charge is 2.36. The Hall–Kier alpha value is -2.65. The fraction of sp³-hybridized carbons (Fsp3) is 0.400. The van der Waals surface area contributed by atoms with E-state index in [9.17, 15) is 13.2 Å². The van der Waals surface area contributed by atoms with Crippen molar-refractivity contribution in [1.82, 2.24) is 19.7 Å². The maximum absolute atomic E-state index is 13.3. The number of sulfone groups is 1. The van der Waals surface area contributed by atoms with Gasteiger partial charge in [0.05, 0.1) is 17.3 Å². The number of rotatable bonds is 8. The molecule has 1 aliphatic heterocycles. The highest BCUT2D eigenvalue weighted by molar-refractivity contribution is 7.99. The molecule has 2 heterocycles. The van der Waals surface area contributed by atoms with E-state index in [1.54, 1.807) is 4.90 Å². The smallest absolute Gasteiger partial charge is 0.233 e. The van der Waals surface area contributed by atoms with Crippen molar-refractivity contribution in [2.24, 2.45) is 0 Å². The van der Waals surface area contributed by atoms with Crippen molar-refractivity contribution >= 4 is 27.5 Å². The summed E-state index contributed by atoms with van der Waals surface area (Å²) in [4.78, 5) is 15.1. The number of para-hydroxylation sites is 1. The van der Waals surface area contributed by atoms with Crippen LogP contribution in [0, 0.1) is 6.92 Å². The second-order valence-electron chi connectivity index (χ2n) is 8.75. The molecule has 2 atom stereocenters. The van der Waals surface area contributed by atoms with Gasteiger partial charge in [-0.1, -0.05) is 60.6 Å². The van der Waals surface area contributed by atoms with Crippen LogP contribution in [-0.2, 0) is 14.6 Å². The first-order chi connectivity index (χ1) is 16.3. The molecule has 2 aromatic carbocycles. The average Bonchev–Trinajstić information content (AvgIpc) is 3.41. The Morgan fingerprint density at radius 1 is 1.18 bits per heavy atom. The van der Waals surface area contributed by atoms with E-state index in [1.165, 1.54) is 11.8 Å². The SMILES string of the molecule is CC[C@H](C)N(C(=O)CSc1nnc(-c2cccc(C)c2)n1-c1ccccc1)[C@H]1CCS(=O)(=O)C1. The Kier molecular flexibility index (Phi) is 7.42. The Morgan fingerprint density at radius 3 is 2.59 bits per heavy atom. The van der Waals surface area contributed by atoms with Crippen LogP contribution in [0.5, 0.6) is 0 Å². The molecule has 1 aliphatic rings. The molecular weight excluding hydrogens is 468 g/mol. The fourth-order valence-electron chi connectivity index (χ4n) is 4.35. The van der Waals surface area contributed by atoms with E-state index in [2.05, 4.69) is 16.3 Å². The summed E-state index contributed by atoms with van der Waals surface area (Å²) in [5, 5.41) is 9.51. The molecule has 0 saturated carbocycles. The predicted octanol–water partition coefficient (Wildman–Crippen LogP) is 4.15. The van der Waals surface area contributed by atoms with E-state index in [-0.39, 0.29) is 35.2 Å². The van der Waals surface area contributed by atoms with E-state index in [0.29, 0.717) is 17.4 Å². The largest absolute Gasteiger partial charge is 0.335 e. The van der Waals surface area contributed by atoms with Crippen LogP contribution in [0.4, 0.5) is 0 Å². The van der Waals surface area contributed by atoms with E-state index >= 15 is 0 Å². The zero-order valence-corrected chi connectivity index (χ0v) is 21.3. The second-order valence-corrected chi connectivity index (χ2v) is 11.9. The summed E-state index contributed by atoms with van der Waals surface area (Å²) >= 11 is 1.33. The highest BCUT2D eigenvalue weighted by atomic mass is 32.2. The maximum Gasteiger partial charge on any atom is 0.233 e. The van der Waals surface area contributed by atoms with Crippen LogP contribution in [0.2, 0.25) is 0 Å². The molecule has 4 rings (SSSR count). The van der Waals surface area contributed by atoms with Crippen LogP contribution in [0.25, 0.3) is 17.1 Å². The first-order valence-electron chi connectivity index (χ1n) is 11.5. The summed E-state index contributed by atoms with van der Waals surface area (Å²) in [7, 11) is -3.08. The first-order valence-corrected chi connectivity index (χ1v) is 14.3. The number of benzene rings is 2. The third-order valence-corrected chi connectivity index (χ3v) is 8.87. The van der Waals surface area contributed by atoms with E-state index < -0.39 is 9.84 Å². The fourth-order valence-corrected chi connectivity index (χ4v) is 6.88. The van der Waals surface area contributed by atoms with Crippen LogP contribution in [0.1, 0.15) is 32.3 Å². The van der Waals surface area contributed by atoms with Gasteiger partial charge in [-0.05, 0) is 44.9 Å². The molecule has 9 heteroatoms. The number of amides is 1. The summed E-state index contributed by atoms with van der Waals surface area (Å²) in [5.41, 5.74) is 2.99. The second kappa shape index (κ2) is 10.3. The van der Waals surface area contributed by atoms with Crippen molar-refractivity contribution in [1.29, 1.82) is 0 Å². The van der Waals surface area contributed by atoms with Crippen molar-refractivity contribution in [3.8, 4) is 17.1 Å². The summed E-state index contributed by atoms with van der Waals surface area (Å²) < 4.78 is 26.1. The lowest BCUT2D eigenvalue weighted by Crippen LogP contribution is -2.47. The topological polar surface area (TPSA) is 85.2 Å². The lowest BCUT2D eigenvalue weighted by molar-refractivity contribution is -0.132. The number of hydrogen-bond acceptors (Lipinski definition) is 6. The molecule has 34 heavy (non-hydrogen) atoms. The lowest BCUT2D eigenvalue weighted by Gasteiger charge is -2.33. The van der Waals surface area contributed by atoms with Gasteiger partial charge >= 0.3 is 0 Å². The van der Waals surface area contributed by atoms with Crippen LogP contribution in [-0.4, -0.2) is 63.3 Å². The molecule has 0 bridgehead atoms. The summed E-state index contributed by atoms with van der Waals surface area (Å²) in [6.07, 6.45) is 1.27. The molecule has 0 spiro atoms. The van der Waals surface area contributed by atoms with Crippen molar-refractivity contribution in [3.05, 3.63) is 60.2 Å². The summed E-state index contributed by atoms with van der Waals surface area (Å²) in [6.45, 7) is 6.03. The molecule has 3 aromatic rings. The Bertz CT molecular complexity index is 1260. The molecule has 1 aromatic heterocycles. The maximum atomic E-state index is 13.3. The molecule has 7 nitrogen and oxygen atoms in total. The summed E-state index contributed by atoms with van der Waals surface area (Å²) in [5.74, 6) is 1.00. The molecule has 180 valence electrons. The number of carbonyl (C=O) groups is 1. The van der Waals surface area contributed by atoms with Gasteiger partial charge in [0.25, 0.3) is 0 Å². The first kappa shape index (κ1) is 24.5. The number of carbonyl (C=O) groups excluding carboxylic acids is 1. The zero-order valence-electron chi connectivity index (χ0n) is 19.7. The minimum absolute atomic E-state index is 0.0266. The Balaban J connectivity index is 1.62. The van der Waals surface area contributed by atoms with Crippen molar-refractivity contribution < 1.29 is 13.2 Å². The minimum Gasteiger partial charge on any atom is -0.335 e. The highest BCUT2D eigenvalue weighted by Crippen LogP contribution is 2.29. The van der Waals surface area contributed by atoms with Gasteiger partial charge in [0.1, 0.15) is 0 Å². The molecule has 0 aliphatic carbocycles. The molecule has 1 amide bonds. The van der Waals surface area contributed by atoms with Gasteiger partial charge in [-0.25, -0.2) is 8.42 Å². The standard InChI is InChI=1S/C25H30N4O3S2/c1-4-19(3)28(22-13-14-34(31,32)17-22)23(30)16-33-25-27-26-24(20-10-8-9-18(2)15-20)29(25)21-11-6-5-7-12-21/h5-12,15,19,22H,4,13-14,16-17H2,1-3H3/t19-,22-/m0/s1. The van der Waals surface area contributed by atoms with Crippen molar-refractivity contribution in [2.45, 2.75) is 50.9 Å². The third-order valence-electron chi connectivity index (χ3n) is 6.20. The molecule has 0 radical (unpaired) electrons. The van der Waals surface area contributed by atoms with Gasteiger partial charge in [-0.3, -0.25) is 9.36 Å². The normalized spacial score (nSPS) is 18.0. The van der Waals surface area contributed by atoms with Crippen molar-refractivity contribution in [3.63, 3.8) is 0 Å². The van der Waals surface area contributed by atoms with Crippen LogP contribution in [0.3, 0.4) is 0 Å². The third kappa shape index (κ3) is 5.36. The average molecular weight is 499 g/mol. The lowest BCUT2D eigenvalue weighted by atomic mass is 10.1. The molecule has 0 N–H and O–H groups in total. The van der Waals surface area contributed by atoms with Crippen molar-refractivity contribution in [2.75, 3.05) is 17.3 Å². The van der Waals surface area contributed by atoms with Gasteiger partial charge < -0.3 is 4.90 Å². The van der Waals surface area contributed by atoms with E-state index in [0.717, 1.165) is 23.2 Å². The quantitative estimate of drug-likeness (QED) is 0.434. The van der Waals surface area contributed by atoms with Crippen LogP contribution < -0.4 is 0 Å². The minimum atomic E-state index is -3.08. The van der Waals surface area contributed by atoms with Gasteiger partial charge in [0.2, 0.25) is 5.91 Å². The Labute approximate surface area is 205 Å². The number of aryl methyl sites for hydroxylation is 1. The number of hydrogen-bond donors (Lipinski definition) is 0. The summed E-state index contributed by atoms with van der Waals surface area (Å²) in [6, 6.07) is 17.7. The zero-order chi connectivity index (χ0) is 24.3. The molecular formula is C25H30N4O3S2. The van der Waals surface area contributed by atoms with E-state index in [1.807, 2.05) is 73.9 Å². The van der Waals surface area contributed by atoms with E-state index in [4.69, 9.17) is 0 Å². The van der Waals surface area contributed by atoms with Crippen LogP contribution >= 0.6 is 11.8 Å².